The monoisotopic (exact) mass is 283 g/mol. The summed E-state index contributed by atoms with van der Waals surface area (Å²) in [6.45, 7) is 2.92. The Morgan fingerprint density at radius 1 is 1.63 bits per heavy atom. The molecule has 0 aliphatic heterocycles. The molecule has 2 heterocycles. The molecule has 2 rings (SSSR count). The fourth-order valence-electron chi connectivity index (χ4n) is 1.80. The lowest BCUT2D eigenvalue weighted by Crippen LogP contribution is -2.23. The van der Waals surface area contributed by atoms with Crippen LogP contribution in [0.15, 0.2) is 11.6 Å². The van der Waals surface area contributed by atoms with Gasteiger partial charge in [-0.1, -0.05) is 11.3 Å². The molecule has 0 aromatic carbocycles. The van der Waals surface area contributed by atoms with E-state index >= 15 is 0 Å². The molecule has 1 atom stereocenters. The highest BCUT2D eigenvalue weighted by Gasteiger charge is 2.24. The van der Waals surface area contributed by atoms with Crippen molar-refractivity contribution >= 4 is 27.9 Å². The van der Waals surface area contributed by atoms with Crippen molar-refractivity contribution in [1.82, 2.24) is 14.3 Å². The first-order valence-corrected chi connectivity index (χ1v) is 6.88. The molecule has 0 aliphatic carbocycles. The Bertz CT molecular complexity index is 577. The minimum absolute atomic E-state index is 0.00736. The molecular weight excluding hydrogens is 266 g/mol. The van der Waals surface area contributed by atoms with Gasteiger partial charge in [0, 0.05) is 11.4 Å². The fourth-order valence-corrected chi connectivity index (χ4v) is 2.51. The number of thiazole rings is 1. The Hall–Kier alpha value is -1.67. The standard InChI is InChI=1S/C11H17N5O2S/c1-8(4-5-14(2)3)12-9-10(16(17)18)15-6-7-19-11(15)13-9/h6-8,12H,4-5H2,1-3H3. The molecule has 0 spiro atoms. The van der Waals surface area contributed by atoms with Crippen LogP contribution < -0.4 is 5.32 Å². The lowest BCUT2D eigenvalue weighted by atomic mass is 10.2. The van der Waals surface area contributed by atoms with Crippen LogP contribution in [0.5, 0.6) is 0 Å². The van der Waals surface area contributed by atoms with Crippen molar-refractivity contribution in [3.63, 3.8) is 0 Å². The summed E-state index contributed by atoms with van der Waals surface area (Å²) in [5, 5.41) is 16.1. The molecule has 2 aromatic rings. The minimum Gasteiger partial charge on any atom is -0.360 e. The molecule has 0 saturated heterocycles. The van der Waals surface area contributed by atoms with E-state index in [1.807, 2.05) is 21.0 Å². The number of imidazole rings is 1. The quantitative estimate of drug-likeness (QED) is 0.648. The second-order valence-corrected chi connectivity index (χ2v) is 5.61. The van der Waals surface area contributed by atoms with E-state index < -0.39 is 4.92 Å². The first-order chi connectivity index (χ1) is 8.99. The number of hydrogen-bond acceptors (Lipinski definition) is 6. The van der Waals surface area contributed by atoms with E-state index in [0.717, 1.165) is 13.0 Å². The summed E-state index contributed by atoms with van der Waals surface area (Å²) in [6, 6.07) is 0.130. The zero-order valence-corrected chi connectivity index (χ0v) is 12.0. The summed E-state index contributed by atoms with van der Waals surface area (Å²) in [5.41, 5.74) is 0. The van der Waals surface area contributed by atoms with E-state index in [9.17, 15) is 10.1 Å². The van der Waals surface area contributed by atoms with Gasteiger partial charge in [0.25, 0.3) is 4.96 Å². The predicted molar refractivity (Wildman–Crippen MR) is 76.0 cm³/mol. The van der Waals surface area contributed by atoms with E-state index in [0.29, 0.717) is 10.8 Å². The Morgan fingerprint density at radius 3 is 3.00 bits per heavy atom. The molecular formula is C11H17N5O2S. The molecule has 0 radical (unpaired) electrons. The van der Waals surface area contributed by atoms with E-state index in [1.165, 1.54) is 15.7 Å². The van der Waals surface area contributed by atoms with Crippen LogP contribution >= 0.6 is 11.3 Å². The Labute approximate surface area is 115 Å². The first kappa shape index (κ1) is 13.8. The van der Waals surface area contributed by atoms with Crippen molar-refractivity contribution in [2.24, 2.45) is 0 Å². The van der Waals surface area contributed by atoms with Crippen molar-refractivity contribution < 1.29 is 4.92 Å². The lowest BCUT2D eigenvalue weighted by molar-refractivity contribution is -0.389. The van der Waals surface area contributed by atoms with E-state index in [2.05, 4.69) is 15.2 Å². The first-order valence-electron chi connectivity index (χ1n) is 6.00. The van der Waals surface area contributed by atoms with Crippen LogP contribution in [0.1, 0.15) is 13.3 Å². The average molecular weight is 283 g/mol. The highest BCUT2D eigenvalue weighted by atomic mass is 32.1. The third-order valence-electron chi connectivity index (χ3n) is 2.80. The highest BCUT2D eigenvalue weighted by Crippen LogP contribution is 2.28. The number of hydrogen-bond donors (Lipinski definition) is 1. The topological polar surface area (TPSA) is 75.7 Å². The third-order valence-corrected chi connectivity index (χ3v) is 3.56. The molecule has 0 amide bonds. The largest absolute Gasteiger partial charge is 0.372 e. The van der Waals surface area contributed by atoms with Crippen LogP contribution in [-0.2, 0) is 0 Å². The second-order valence-electron chi connectivity index (χ2n) is 4.73. The van der Waals surface area contributed by atoms with Crippen LogP contribution in [0.4, 0.5) is 11.6 Å². The van der Waals surface area contributed by atoms with Crippen LogP contribution in [0.3, 0.4) is 0 Å². The number of anilines is 1. The molecule has 0 fully saturated rings. The van der Waals surface area contributed by atoms with Gasteiger partial charge in [-0.15, -0.1) is 0 Å². The van der Waals surface area contributed by atoms with Gasteiger partial charge in [0.15, 0.2) is 0 Å². The summed E-state index contributed by atoms with van der Waals surface area (Å²) in [4.78, 5) is 17.7. The summed E-state index contributed by atoms with van der Waals surface area (Å²) < 4.78 is 1.51. The van der Waals surface area contributed by atoms with Gasteiger partial charge in [-0.05, 0) is 38.9 Å². The van der Waals surface area contributed by atoms with Gasteiger partial charge in [0.1, 0.15) is 6.20 Å². The summed E-state index contributed by atoms with van der Waals surface area (Å²) >= 11 is 1.38. The number of nitrogens with one attached hydrogen (secondary N) is 1. The minimum atomic E-state index is -0.395. The molecule has 1 unspecified atom stereocenters. The zero-order chi connectivity index (χ0) is 14.0. The molecule has 0 saturated carbocycles. The summed E-state index contributed by atoms with van der Waals surface area (Å²) in [7, 11) is 4.00. The van der Waals surface area contributed by atoms with Crippen LogP contribution in [0, 0.1) is 10.1 Å². The molecule has 8 heteroatoms. The molecule has 7 nitrogen and oxygen atoms in total. The van der Waals surface area contributed by atoms with Crippen molar-refractivity contribution in [2.45, 2.75) is 19.4 Å². The molecule has 0 bridgehead atoms. The van der Waals surface area contributed by atoms with Crippen molar-refractivity contribution in [2.75, 3.05) is 26.0 Å². The van der Waals surface area contributed by atoms with Crippen LogP contribution in [0.25, 0.3) is 4.96 Å². The fraction of sp³-hybridized carbons (Fsp3) is 0.545. The van der Waals surface area contributed by atoms with Gasteiger partial charge < -0.3 is 20.3 Å². The van der Waals surface area contributed by atoms with Gasteiger partial charge in [-0.3, -0.25) is 0 Å². The third kappa shape index (κ3) is 3.02. The summed E-state index contributed by atoms with van der Waals surface area (Å²) in [6.07, 6.45) is 2.57. The van der Waals surface area contributed by atoms with Crippen molar-refractivity contribution in [3.8, 4) is 0 Å². The molecule has 19 heavy (non-hydrogen) atoms. The molecule has 1 N–H and O–H groups in total. The molecule has 2 aromatic heterocycles. The van der Waals surface area contributed by atoms with Gasteiger partial charge in [0.2, 0.25) is 5.82 Å². The smallest absolute Gasteiger partial charge is 0.360 e. The SMILES string of the molecule is CC(CCN(C)C)Nc1nc2sccn2c1[N+](=O)[O-]. The predicted octanol–water partition coefficient (Wildman–Crippen LogP) is 2.06. The number of rotatable bonds is 6. The Kier molecular flexibility index (Phi) is 4.01. The maximum Gasteiger partial charge on any atom is 0.372 e. The highest BCUT2D eigenvalue weighted by molar-refractivity contribution is 7.15. The molecule has 0 aliphatic rings. The maximum absolute atomic E-state index is 11.1. The number of fused-ring (bicyclic) bond motifs is 1. The second kappa shape index (κ2) is 5.54. The van der Waals surface area contributed by atoms with Crippen molar-refractivity contribution in [1.29, 1.82) is 0 Å². The van der Waals surface area contributed by atoms with Gasteiger partial charge in [0.05, 0.1) is 0 Å². The van der Waals surface area contributed by atoms with Crippen LogP contribution in [-0.4, -0.2) is 45.9 Å². The van der Waals surface area contributed by atoms with Gasteiger partial charge >= 0.3 is 5.82 Å². The van der Waals surface area contributed by atoms with Crippen molar-refractivity contribution in [3.05, 3.63) is 21.7 Å². The number of nitrogens with zero attached hydrogens (tertiary/aromatic N) is 4. The Morgan fingerprint density at radius 2 is 2.37 bits per heavy atom. The van der Waals surface area contributed by atoms with Gasteiger partial charge in [-0.25, -0.2) is 0 Å². The zero-order valence-electron chi connectivity index (χ0n) is 11.2. The number of nitro groups is 1. The molecule has 104 valence electrons. The summed E-state index contributed by atoms with van der Waals surface area (Å²) in [5.74, 6) is 0.357. The van der Waals surface area contributed by atoms with Crippen LogP contribution in [0.2, 0.25) is 0 Å². The average Bonchev–Trinajstić information content (AvgIpc) is 2.85. The number of aromatic nitrogens is 2. The van der Waals surface area contributed by atoms with E-state index in [-0.39, 0.29) is 11.9 Å². The lowest BCUT2D eigenvalue weighted by Gasteiger charge is -2.16. The van der Waals surface area contributed by atoms with Gasteiger partial charge in [-0.2, -0.15) is 9.38 Å². The van der Waals surface area contributed by atoms with E-state index in [1.54, 1.807) is 11.6 Å². The maximum atomic E-state index is 11.1. The Balaban J connectivity index is 2.17. The normalized spacial score (nSPS) is 13.1. The van der Waals surface area contributed by atoms with E-state index in [4.69, 9.17) is 0 Å².